The molecule has 0 aliphatic heterocycles. The van der Waals surface area contributed by atoms with Crippen LogP contribution in [-0.4, -0.2) is 4.98 Å². The molecule has 0 atom stereocenters. The fraction of sp³-hybridized carbons (Fsp3) is 0.364. The van der Waals surface area contributed by atoms with Crippen LogP contribution in [0.15, 0.2) is 52.0 Å². The first kappa shape index (κ1) is 16.8. The van der Waals surface area contributed by atoms with Gasteiger partial charge in [0.25, 0.3) is 5.52 Å². The molecule has 0 unspecified atom stereocenters. The van der Waals surface area contributed by atoms with Crippen molar-refractivity contribution in [2.75, 3.05) is 0 Å². The third-order valence-corrected chi connectivity index (χ3v) is 4.89. The zero-order chi connectivity index (χ0) is 18.7. The summed E-state index contributed by atoms with van der Waals surface area (Å²) in [5.74, 6) is 0. The summed E-state index contributed by atoms with van der Waals surface area (Å²) < 4.78 is 13.6. The number of hydrogen-bond donors (Lipinski definition) is 0. The summed E-state index contributed by atoms with van der Waals surface area (Å²) in [4.78, 5) is 4.32. The second-order valence-corrected chi connectivity index (χ2v) is 8.97. The first-order chi connectivity index (χ1) is 12.1. The van der Waals surface area contributed by atoms with Crippen LogP contribution in [-0.2, 0) is 10.8 Å². The van der Waals surface area contributed by atoms with Crippen LogP contribution in [0.25, 0.3) is 27.9 Å². The number of rotatable bonds is 1. The Kier molecular flexibility index (Phi) is 3.52. The first-order valence-electron chi connectivity index (χ1n) is 8.96. The second-order valence-electron chi connectivity index (χ2n) is 8.97. The van der Waals surface area contributed by atoms with Crippen LogP contribution >= 0.6 is 0 Å². The molecular weight excluding hydrogens is 324 g/mol. The van der Waals surface area contributed by atoms with E-state index in [1.165, 1.54) is 17.5 Å². The molecule has 0 saturated carbocycles. The summed E-state index contributed by atoms with van der Waals surface area (Å²) in [6, 6.07) is 10.6. The summed E-state index contributed by atoms with van der Waals surface area (Å²) >= 11 is 0. The van der Waals surface area contributed by atoms with Crippen LogP contribution in [0.5, 0.6) is 0 Å². The van der Waals surface area contributed by atoms with Gasteiger partial charge in [0.2, 0.25) is 11.3 Å². The fourth-order valence-corrected chi connectivity index (χ4v) is 3.32. The number of benzene rings is 2. The van der Waals surface area contributed by atoms with E-state index in [1.54, 1.807) is 6.39 Å². The van der Waals surface area contributed by atoms with Gasteiger partial charge >= 0.3 is 6.39 Å². The predicted molar refractivity (Wildman–Crippen MR) is 103 cm³/mol. The molecule has 2 aromatic heterocycles. The molecule has 0 saturated heterocycles. The number of nitrogens with zero attached hydrogens (tertiary/aromatic N) is 2. The van der Waals surface area contributed by atoms with E-state index in [0.717, 1.165) is 27.9 Å². The molecule has 0 fully saturated rings. The fourth-order valence-electron chi connectivity index (χ4n) is 3.32. The summed E-state index contributed by atoms with van der Waals surface area (Å²) in [6.45, 7) is 13.2. The van der Waals surface area contributed by atoms with Crippen molar-refractivity contribution in [3.05, 3.63) is 54.2 Å². The highest BCUT2D eigenvalue weighted by atomic mass is 16.3. The van der Waals surface area contributed by atoms with E-state index in [1.807, 2.05) is 0 Å². The van der Waals surface area contributed by atoms with Gasteiger partial charge in [-0.15, -0.1) is 4.57 Å². The average molecular weight is 349 g/mol. The number of aromatic nitrogens is 2. The van der Waals surface area contributed by atoms with Gasteiger partial charge in [-0.2, -0.15) is 0 Å². The Balaban J connectivity index is 1.98. The molecule has 0 amide bonds. The summed E-state index contributed by atoms with van der Waals surface area (Å²) in [5.41, 5.74) is 7.15. The quantitative estimate of drug-likeness (QED) is 0.429. The number of oxazole rings is 2. The van der Waals surface area contributed by atoms with Crippen LogP contribution < -0.4 is 4.57 Å². The predicted octanol–water partition coefficient (Wildman–Crippen LogP) is 5.45. The largest absolute Gasteiger partial charge is 0.443 e. The highest BCUT2D eigenvalue weighted by Crippen LogP contribution is 2.31. The zero-order valence-corrected chi connectivity index (χ0v) is 16.3. The molecule has 0 spiro atoms. The van der Waals surface area contributed by atoms with Gasteiger partial charge in [-0.05, 0) is 28.5 Å². The van der Waals surface area contributed by atoms with E-state index < -0.39 is 0 Å². The Labute approximate surface area is 153 Å². The lowest BCUT2D eigenvalue weighted by Gasteiger charge is -2.19. The van der Waals surface area contributed by atoms with E-state index in [-0.39, 0.29) is 10.8 Å². The average Bonchev–Trinajstić information content (AvgIpc) is 3.17. The molecule has 4 heteroatoms. The highest BCUT2D eigenvalue weighted by Gasteiger charge is 2.29. The molecule has 4 aromatic rings. The maximum absolute atomic E-state index is 5.92. The summed E-state index contributed by atoms with van der Waals surface area (Å²) in [6.07, 6.45) is 3.28. The van der Waals surface area contributed by atoms with Crippen molar-refractivity contribution >= 4 is 22.2 Å². The van der Waals surface area contributed by atoms with Crippen molar-refractivity contribution in [2.45, 2.75) is 52.4 Å². The van der Waals surface area contributed by atoms with E-state index in [2.05, 4.69) is 81.4 Å². The van der Waals surface area contributed by atoms with Gasteiger partial charge in [0.1, 0.15) is 5.52 Å². The van der Waals surface area contributed by atoms with Gasteiger partial charge in [0.15, 0.2) is 12.0 Å². The minimum Gasteiger partial charge on any atom is -0.443 e. The van der Waals surface area contributed by atoms with Gasteiger partial charge in [0, 0.05) is 11.6 Å². The number of hydrogen-bond acceptors (Lipinski definition) is 3. The molecule has 2 aromatic carbocycles. The SMILES string of the molecule is CC(C)(C)c1ccc2c(c1)oc[n+]2-c1cc2ocnc2cc1C(C)(C)C. The van der Waals surface area contributed by atoms with Crippen LogP contribution in [0.1, 0.15) is 52.7 Å². The van der Waals surface area contributed by atoms with Crippen LogP contribution in [0, 0.1) is 0 Å². The van der Waals surface area contributed by atoms with E-state index in [0.29, 0.717) is 0 Å². The van der Waals surface area contributed by atoms with E-state index >= 15 is 0 Å². The summed E-state index contributed by atoms with van der Waals surface area (Å²) in [7, 11) is 0. The normalized spacial score (nSPS) is 13.0. The minimum absolute atomic E-state index is 0.0373. The topological polar surface area (TPSA) is 43.0 Å². The monoisotopic (exact) mass is 349 g/mol. The molecule has 0 aliphatic rings. The van der Waals surface area contributed by atoms with Gasteiger partial charge in [0.05, 0.1) is 6.07 Å². The molecule has 0 N–H and O–H groups in total. The van der Waals surface area contributed by atoms with Gasteiger partial charge in [-0.3, -0.25) is 0 Å². The van der Waals surface area contributed by atoms with Crippen molar-refractivity contribution in [1.29, 1.82) is 0 Å². The summed E-state index contributed by atoms with van der Waals surface area (Å²) in [5, 5.41) is 0. The van der Waals surface area contributed by atoms with Gasteiger partial charge < -0.3 is 8.83 Å². The molecule has 0 bridgehead atoms. The molecular formula is C22H25N2O2+. The van der Waals surface area contributed by atoms with Gasteiger partial charge in [-0.25, -0.2) is 4.98 Å². The van der Waals surface area contributed by atoms with Crippen molar-refractivity contribution in [3.63, 3.8) is 0 Å². The standard InChI is InChI=1S/C22H25N2O2/c1-21(2,3)14-7-8-17-20(9-14)26-13-24(17)18-11-19-16(23-12-25-19)10-15(18)22(4,5)6/h7-13H,1-6H3/q+1. The van der Waals surface area contributed by atoms with Gasteiger partial charge in [-0.1, -0.05) is 47.6 Å². The Bertz CT molecular complexity index is 1100. The third kappa shape index (κ3) is 2.70. The number of fused-ring (bicyclic) bond motifs is 2. The zero-order valence-electron chi connectivity index (χ0n) is 16.3. The molecule has 4 nitrogen and oxygen atoms in total. The maximum atomic E-state index is 5.92. The van der Waals surface area contributed by atoms with Crippen molar-refractivity contribution in [3.8, 4) is 5.69 Å². The van der Waals surface area contributed by atoms with E-state index in [4.69, 9.17) is 8.83 Å². The Hall–Kier alpha value is -2.62. The van der Waals surface area contributed by atoms with Crippen LogP contribution in [0.2, 0.25) is 0 Å². The Morgan fingerprint density at radius 3 is 2.31 bits per heavy atom. The first-order valence-corrected chi connectivity index (χ1v) is 8.96. The third-order valence-electron chi connectivity index (χ3n) is 4.89. The molecule has 4 rings (SSSR count). The van der Waals surface area contributed by atoms with Crippen molar-refractivity contribution in [2.24, 2.45) is 0 Å². The van der Waals surface area contributed by atoms with Crippen LogP contribution in [0.3, 0.4) is 0 Å². The lowest BCUT2D eigenvalue weighted by molar-refractivity contribution is -0.573. The lowest BCUT2D eigenvalue weighted by atomic mass is 9.85. The lowest BCUT2D eigenvalue weighted by Crippen LogP contribution is -2.32. The smallest absolute Gasteiger partial charge is 0.341 e. The van der Waals surface area contributed by atoms with Crippen molar-refractivity contribution in [1.82, 2.24) is 4.98 Å². The highest BCUT2D eigenvalue weighted by molar-refractivity contribution is 5.77. The minimum atomic E-state index is -0.0373. The Morgan fingerprint density at radius 2 is 1.62 bits per heavy atom. The molecule has 26 heavy (non-hydrogen) atoms. The maximum Gasteiger partial charge on any atom is 0.341 e. The molecule has 0 aliphatic carbocycles. The molecule has 134 valence electrons. The Morgan fingerprint density at radius 1 is 0.846 bits per heavy atom. The molecule has 2 heterocycles. The molecule has 0 radical (unpaired) electrons. The van der Waals surface area contributed by atoms with Crippen molar-refractivity contribution < 1.29 is 13.4 Å². The van der Waals surface area contributed by atoms with E-state index in [9.17, 15) is 0 Å². The second kappa shape index (κ2) is 5.44. The van der Waals surface area contributed by atoms with Crippen LogP contribution in [0.4, 0.5) is 0 Å².